The summed E-state index contributed by atoms with van der Waals surface area (Å²) in [6, 6.07) is 0. The van der Waals surface area contributed by atoms with Gasteiger partial charge in [-0.1, -0.05) is 10.5 Å². The van der Waals surface area contributed by atoms with Crippen LogP contribution in [0.2, 0.25) is 0 Å². The van der Waals surface area contributed by atoms with Gasteiger partial charge in [0, 0.05) is 0 Å². The van der Waals surface area contributed by atoms with Gasteiger partial charge in [-0.05, 0) is 12.8 Å². The van der Waals surface area contributed by atoms with E-state index in [0.717, 1.165) is 0 Å². The average molecular weight is 225 g/mol. The quantitative estimate of drug-likeness (QED) is 0.408. The predicted molar refractivity (Wildman–Crippen MR) is 44.3 cm³/mol. The Hall–Kier alpha value is 0.340. The SMILES string of the molecule is Cl.Cl.ON(O)CCCCN(O)O. The zero-order valence-electron chi connectivity index (χ0n) is 6.33. The van der Waals surface area contributed by atoms with Crippen molar-refractivity contribution >= 4 is 24.8 Å². The molecule has 0 aliphatic rings. The molecule has 0 amide bonds. The highest BCUT2D eigenvalue weighted by atomic mass is 35.5. The number of halogens is 2. The Labute approximate surface area is 82.7 Å². The van der Waals surface area contributed by atoms with E-state index in [1.807, 2.05) is 0 Å². The molecule has 12 heavy (non-hydrogen) atoms. The highest BCUT2D eigenvalue weighted by Gasteiger charge is 1.96. The third kappa shape index (κ3) is 16.7. The fraction of sp³-hybridized carbons (Fsp3) is 1.00. The van der Waals surface area contributed by atoms with Crippen molar-refractivity contribution in [3.8, 4) is 0 Å². The number of hydrogen-bond acceptors (Lipinski definition) is 6. The molecule has 0 aliphatic carbocycles. The number of nitrogens with zero attached hydrogens (tertiary/aromatic N) is 2. The summed E-state index contributed by atoms with van der Waals surface area (Å²) in [4.78, 5) is 0. The van der Waals surface area contributed by atoms with E-state index in [1.54, 1.807) is 0 Å². The fourth-order valence-corrected chi connectivity index (χ4v) is 0.506. The molecule has 0 fully saturated rings. The minimum Gasteiger partial charge on any atom is -0.290 e. The van der Waals surface area contributed by atoms with E-state index in [2.05, 4.69) is 0 Å². The van der Waals surface area contributed by atoms with Gasteiger partial charge < -0.3 is 0 Å². The summed E-state index contributed by atoms with van der Waals surface area (Å²) in [7, 11) is 0. The molecule has 78 valence electrons. The lowest BCUT2D eigenvalue weighted by Crippen LogP contribution is -2.18. The predicted octanol–water partition coefficient (Wildman–Crippen LogP) is 0.771. The number of rotatable bonds is 5. The van der Waals surface area contributed by atoms with Crippen molar-refractivity contribution in [3.63, 3.8) is 0 Å². The van der Waals surface area contributed by atoms with Crippen LogP contribution < -0.4 is 0 Å². The number of hydroxylamine groups is 4. The highest BCUT2D eigenvalue weighted by molar-refractivity contribution is 5.85. The first-order valence-electron chi connectivity index (χ1n) is 2.93. The van der Waals surface area contributed by atoms with Crippen molar-refractivity contribution < 1.29 is 20.8 Å². The van der Waals surface area contributed by atoms with Gasteiger partial charge in [-0.3, -0.25) is 20.8 Å². The van der Waals surface area contributed by atoms with Crippen molar-refractivity contribution in [2.75, 3.05) is 13.1 Å². The Morgan fingerprint density at radius 3 is 1.08 bits per heavy atom. The van der Waals surface area contributed by atoms with E-state index in [9.17, 15) is 0 Å². The molecule has 8 heteroatoms. The second kappa shape index (κ2) is 11.3. The second-order valence-corrected chi connectivity index (χ2v) is 1.90. The molecule has 0 spiro atoms. The Bertz CT molecular complexity index is 75.5. The topological polar surface area (TPSA) is 87.4 Å². The van der Waals surface area contributed by atoms with E-state index < -0.39 is 0 Å². The van der Waals surface area contributed by atoms with E-state index in [0.29, 0.717) is 12.8 Å². The van der Waals surface area contributed by atoms with Crippen LogP contribution in [-0.4, -0.2) is 44.4 Å². The third-order valence-electron chi connectivity index (χ3n) is 0.966. The summed E-state index contributed by atoms with van der Waals surface area (Å²) >= 11 is 0. The molecule has 4 N–H and O–H groups in total. The summed E-state index contributed by atoms with van der Waals surface area (Å²) < 4.78 is 0. The lowest BCUT2D eigenvalue weighted by atomic mass is 10.3. The molecular formula is C4H14Cl2N2O4. The number of hydrogen-bond donors (Lipinski definition) is 4. The standard InChI is InChI=1S/C4H12N2O4.2ClH/c7-5(8)3-1-2-4-6(9)10;;/h7-10H,1-4H2;2*1H. The molecule has 0 atom stereocenters. The van der Waals surface area contributed by atoms with Gasteiger partial charge >= 0.3 is 0 Å². The van der Waals surface area contributed by atoms with Crippen molar-refractivity contribution in [2.45, 2.75) is 12.8 Å². The van der Waals surface area contributed by atoms with E-state index in [4.69, 9.17) is 20.8 Å². The van der Waals surface area contributed by atoms with Crippen molar-refractivity contribution in [2.24, 2.45) is 0 Å². The van der Waals surface area contributed by atoms with Crippen LogP contribution in [-0.2, 0) is 0 Å². The molecule has 0 aromatic rings. The molecule has 0 radical (unpaired) electrons. The largest absolute Gasteiger partial charge is 0.290 e. The molecule has 0 saturated heterocycles. The van der Waals surface area contributed by atoms with Crippen LogP contribution in [0.25, 0.3) is 0 Å². The van der Waals surface area contributed by atoms with Crippen molar-refractivity contribution in [1.29, 1.82) is 0 Å². The first-order chi connectivity index (χ1) is 4.63. The highest BCUT2D eigenvalue weighted by Crippen LogP contribution is 1.90. The fourth-order valence-electron chi connectivity index (χ4n) is 0.506. The van der Waals surface area contributed by atoms with Gasteiger partial charge in [-0.15, -0.1) is 24.8 Å². The Kier molecular flexibility index (Phi) is 17.2. The Morgan fingerprint density at radius 1 is 0.667 bits per heavy atom. The lowest BCUT2D eigenvalue weighted by Gasteiger charge is -2.07. The van der Waals surface area contributed by atoms with Crippen LogP contribution in [0.15, 0.2) is 0 Å². The monoisotopic (exact) mass is 224 g/mol. The molecule has 0 aromatic carbocycles. The molecule has 0 bridgehead atoms. The molecule has 0 rings (SSSR count). The van der Waals surface area contributed by atoms with E-state index in [-0.39, 0.29) is 48.4 Å². The second-order valence-electron chi connectivity index (χ2n) is 1.90. The van der Waals surface area contributed by atoms with Crippen LogP contribution in [0.5, 0.6) is 0 Å². The molecule has 0 unspecified atom stereocenters. The van der Waals surface area contributed by atoms with Gasteiger partial charge in [-0.2, -0.15) is 0 Å². The Morgan fingerprint density at radius 2 is 0.917 bits per heavy atom. The maximum Gasteiger partial charge on any atom is 0.0513 e. The zero-order valence-corrected chi connectivity index (χ0v) is 7.96. The minimum absolute atomic E-state index is 0. The molecule has 0 heterocycles. The van der Waals surface area contributed by atoms with Crippen molar-refractivity contribution in [1.82, 2.24) is 10.5 Å². The molecule has 6 nitrogen and oxygen atoms in total. The smallest absolute Gasteiger partial charge is 0.0513 e. The van der Waals surface area contributed by atoms with Gasteiger partial charge in [0.25, 0.3) is 0 Å². The maximum atomic E-state index is 8.17. The summed E-state index contributed by atoms with van der Waals surface area (Å²) in [6.45, 7) is 0.210. The normalized spacial score (nSPS) is 9.50. The first-order valence-corrected chi connectivity index (χ1v) is 2.93. The average Bonchev–Trinajstić information content (AvgIpc) is 1.79. The van der Waals surface area contributed by atoms with Crippen LogP contribution >= 0.6 is 24.8 Å². The van der Waals surface area contributed by atoms with Crippen molar-refractivity contribution in [3.05, 3.63) is 0 Å². The van der Waals surface area contributed by atoms with Gasteiger partial charge in [0.15, 0.2) is 0 Å². The van der Waals surface area contributed by atoms with Gasteiger partial charge in [0.2, 0.25) is 0 Å². The van der Waals surface area contributed by atoms with Crippen LogP contribution in [0.1, 0.15) is 12.8 Å². The van der Waals surface area contributed by atoms with Crippen LogP contribution in [0, 0.1) is 0 Å². The summed E-state index contributed by atoms with van der Waals surface area (Å²) in [5, 5.41) is 32.8. The Balaban J connectivity index is -0.000000405. The lowest BCUT2D eigenvalue weighted by molar-refractivity contribution is -0.314. The summed E-state index contributed by atoms with van der Waals surface area (Å²) in [6.07, 6.45) is 0.981. The molecule has 0 saturated carbocycles. The van der Waals surface area contributed by atoms with E-state index >= 15 is 0 Å². The third-order valence-corrected chi connectivity index (χ3v) is 0.966. The molecule has 0 aromatic heterocycles. The van der Waals surface area contributed by atoms with Gasteiger partial charge in [-0.25, -0.2) is 0 Å². The van der Waals surface area contributed by atoms with Gasteiger partial charge in [0.05, 0.1) is 13.1 Å². The van der Waals surface area contributed by atoms with Gasteiger partial charge in [0.1, 0.15) is 0 Å². The molecule has 0 aliphatic heterocycles. The van der Waals surface area contributed by atoms with Crippen LogP contribution in [0.4, 0.5) is 0 Å². The zero-order chi connectivity index (χ0) is 7.98. The molecular weight excluding hydrogens is 211 g/mol. The van der Waals surface area contributed by atoms with E-state index in [1.165, 1.54) is 0 Å². The number of unbranched alkanes of at least 4 members (excludes halogenated alkanes) is 1. The first kappa shape index (κ1) is 18.2. The maximum absolute atomic E-state index is 8.17. The summed E-state index contributed by atoms with van der Waals surface area (Å²) in [5.74, 6) is 0. The van der Waals surface area contributed by atoms with Crippen LogP contribution in [0.3, 0.4) is 0 Å². The summed E-state index contributed by atoms with van der Waals surface area (Å²) in [5.41, 5.74) is 0. The minimum atomic E-state index is 0.